The van der Waals surface area contributed by atoms with Gasteiger partial charge in [-0.1, -0.05) is 30.3 Å². The molecule has 35 heavy (non-hydrogen) atoms. The number of nitrogens with zero attached hydrogens (tertiary/aromatic N) is 3. The lowest BCUT2D eigenvalue weighted by Crippen LogP contribution is -2.44. The first kappa shape index (κ1) is 24.4. The normalized spacial score (nSPS) is 18.0. The number of nitrogens with one attached hydrogen (secondary N) is 1. The van der Waals surface area contributed by atoms with Crippen molar-refractivity contribution >= 4 is 23.4 Å². The zero-order valence-electron chi connectivity index (χ0n) is 20.2. The molecule has 182 valence electrons. The molecule has 2 heterocycles. The van der Waals surface area contributed by atoms with Crippen molar-refractivity contribution in [2.24, 2.45) is 0 Å². The summed E-state index contributed by atoms with van der Waals surface area (Å²) in [5.41, 5.74) is 2.92. The van der Waals surface area contributed by atoms with Crippen molar-refractivity contribution in [3.05, 3.63) is 84.1 Å². The number of hydrogen-bond acceptors (Lipinski definition) is 6. The number of ether oxygens (including phenoxy) is 2. The number of para-hydroxylation sites is 1. The van der Waals surface area contributed by atoms with E-state index in [1.165, 1.54) is 11.1 Å². The van der Waals surface area contributed by atoms with Crippen molar-refractivity contribution in [3.63, 3.8) is 0 Å². The second-order valence-corrected chi connectivity index (χ2v) is 8.75. The first-order chi connectivity index (χ1) is 16.9. The summed E-state index contributed by atoms with van der Waals surface area (Å²) in [5, 5.41) is 2.82. The van der Waals surface area contributed by atoms with Crippen LogP contribution in [0.1, 0.15) is 29.8 Å². The molecule has 1 saturated heterocycles. The van der Waals surface area contributed by atoms with E-state index in [-0.39, 0.29) is 24.0 Å². The molecule has 0 radical (unpaired) electrons. The quantitative estimate of drug-likeness (QED) is 0.563. The summed E-state index contributed by atoms with van der Waals surface area (Å²) < 4.78 is 11.1. The standard InChI is InChI=1S/C27H30N4O4/c1-19-16-31(17-20(2)34-19)18-21-9-11-22(12-10-21)26(32)29-23-13-14-25(28-15-23)35-27(33)30(3)24-7-5-4-6-8-24/h4-15,19-20H,16-18H2,1-3H3,(H,29,32)/t19-,20+. The molecule has 2 aromatic carbocycles. The summed E-state index contributed by atoms with van der Waals surface area (Å²) in [4.78, 5) is 32.9. The molecule has 1 fully saturated rings. The molecule has 0 spiro atoms. The van der Waals surface area contributed by atoms with Crippen LogP contribution in [0.15, 0.2) is 72.9 Å². The van der Waals surface area contributed by atoms with Gasteiger partial charge < -0.3 is 14.8 Å². The molecular formula is C27H30N4O4. The molecule has 0 saturated carbocycles. The third-order valence-electron chi connectivity index (χ3n) is 5.72. The van der Waals surface area contributed by atoms with Gasteiger partial charge in [0.1, 0.15) is 0 Å². The number of benzene rings is 2. The Hall–Kier alpha value is -3.75. The SMILES string of the molecule is C[C@@H]1CN(Cc2ccc(C(=O)Nc3ccc(OC(=O)N(C)c4ccccc4)nc3)cc2)C[C@H](C)O1. The average molecular weight is 475 g/mol. The molecule has 2 atom stereocenters. The molecule has 0 bridgehead atoms. The summed E-state index contributed by atoms with van der Waals surface area (Å²) in [6.07, 6.45) is 1.34. The van der Waals surface area contributed by atoms with Crippen molar-refractivity contribution < 1.29 is 19.1 Å². The Bertz CT molecular complexity index is 1130. The van der Waals surface area contributed by atoms with E-state index in [0.717, 1.165) is 25.2 Å². The van der Waals surface area contributed by atoms with Gasteiger partial charge in [-0.15, -0.1) is 0 Å². The van der Waals surface area contributed by atoms with E-state index in [1.54, 1.807) is 19.2 Å². The number of pyridine rings is 1. The van der Waals surface area contributed by atoms with Gasteiger partial charge in [-0.05, 0) is 49.7 Å². The lowest BCUT2D eigenvalue weighted by Gasteiger charge is -2.35. The predicted molar refractivity (Wildman–Crippen MR) is 135 cm³/mol. The number of anilines is 2. The van der Waals surface area contributed by atoms with Crippen LogP contribution in [-0.4, -0.2) is 54.2 Å². The molecule has 3 aromatic rings. The molecule has 1 aliphatic heterocycles. The fourth-order valence-electron chi connectivity index (χ4n) is 4.07. The second kappa shape index (κ2) is 11.1. The summed E-state index contributed by atoms with van der Waals surface area (Å²) in [6.45, 7) is 6.79. The van der Waals surface area contributed by atoms with E-state index < -0.39 is 6.09 Å². The zero-order valence-corrected chi connectivity index (χ0v) is 20.2. The van der Waals surface area contributed by atoms with E-state index in [2.05, 4.69) is 29.0 Å². The molecular weight excluding hydrogens is 444 g/mol. The van der Waals surface area contributed by atoms with Gasteiger partial charge in [-0.2, -0.15) is 0 Å². The lowest BCUT2D eigenvalue weighted by atomic mass is 10.1. The van der Waals surface area contributed by atoms with Crippen molar-refractivity contribution in [3.8, 4) is 5.88 Å². The predicted octanol–water partition coefficient (Wildman–Crippen LogP) is 4.58. The van der Waals surface area contributed by atoms with Crippen molar-refractivity contribution in [2.45, 2.75) is 32.6 Å². The maximum absolute atomic E-state index is 12.7. The van der Waals surface area contributed by atoms with Gasteiger partial charge in [-0.25, -0.2) is 9.78 Å². The largest absolute Gasteiger partial charge is 0.420 e. The number of amides is 2. The van der Waals surface area contributed by atoms with Crippen LogP contribution < -0.4 is 15.0 Å². The van der Waals surface area contributed by atoms with Crippen LogP contribution in [0.25, 0.3) is 0 Å². The fraction of sp³-hybridized carbons (Fsp3) is 0.296. The van der Waals surface area contributed by atoms with E-state index >= 15 is 0 Å². The summed E-state index contributed by atoms with van der Waals surface area (Å²) in [5.74, 6) is -0.0904. The molecule has 0 unspecified atom stereocenters. The smallest absolute Gasteiger partial charge is 0.391 e. The van der Waals surface area contributed by atoms with Gasteiger partial charge in [0, 0.05) is 44.0 Å². The van der Waals surface area contributed by atoms with Gasteiger partial charge in [0.15, 0.2) is 0 Å². The molecule has 1 aromatic heterocycles. The highest BCUT2D eigenvalue weighted by molar-refractivity contribution is 6.04. The Kier molecular flexibility index (Phi) is 7.74. The monoisotopic (exact) mass is 474 g/mol. The Morgan fingerprint density at radius 2 is 1.71 bits per heavy atom. The van der Waals surface area contributed by atoms with Gasteiger partial charge in [0.2, 0.25) is 5.88 Å². The van der Waals surface area contributed by atoms with Crippen molar-refractivity contribution in [1.82, 2.24) is 9.88 Å². The van der Waals surface area contributed by atoms with E-state index in [1.807, 2.05) is 54.6 Å². The average Bonchev–Trinajstić information content (AvgIpc) is 2.85. The summed E-state index contributed by atoms with van der Waals surface area (Å²) in [6, 6.07) is 20.0. The molecule has 1 N–H and O–H groups in total. The zero-order chi connectivity index (χ0) is 24.8. The maximum atomic E-state index is 12.7. The third kappa shape index (κ3) is 6.65. The number of carbonyl (C=O) groups excluding carboxylic acids is 2. The highest BCUT2D eigenvalue weighted by atomic mass is 16.6. The molecule has 1 aliphatic rings. The number of aromatic nitrogens is 1. The third-order valence-corrected chi connectivity index (χ3v) is 5.72. The topological polar surface area (TPSA) is 84.0 Å². The van der Waals surface area contributed by atoms with Crippen LogP contribution in [0.5, 0.6) is 5.88 Å². The molecule has 8 heteroatoms. The van der Waals surface area contributed by atoms with Crippen LogP contribution in [0.2, 0.25) is 0 Å². The Morgan fingerprint density at radius 1 is 1.03 bits per heavy atom. The highest BCUT2D eigenvalue weighted by Crippen LogP contribution is 2.18. The molecule has 8 nitrogen and oxygen atoms in total. The molecule has 4 rings (SSSR count). The molecule has 0 aliphatic carbocycles. The number of hydrogen-bond donors (Lipinski definition) is 1. The van der Waals surface area contributed by atoms with Crippen molar-refractivity contribution in [2.75, 3.05) is 30.4 Å². The fourth-order valence-corrected chi connectivity index (χ4v) is 4.07. The van der Waals surface area contributed by atoms with E-state index in [4.69, 9.17) is 9.47 Å². The Morgan fingerprint density at radius 3 is 2.34 bits per heavy atom. The number of morpholine rings is 1. The highest BCUT2D eigenvalue weighted by Gasteiger charge is 2.22. The van der Waals surface area contributed by atoms with Gasteiger partial charge in [0.25, 0.3) is 5.91 Å². The Labute approximate surface area is 205 Å². The van der Waals surface area contributed by atoms with Crippen LogP contribution in [0.4, 0.5) is 16.2 Å². The van der Waals surface area contributed by atoms with Crippen LogP contribution >= 0.6 is 0 Å². The minimum absolute atomic E-state index is 0.145. The minimum atomic E-state index is -0.554. The summed E-state index contributed by atoms with van der Waals surface area (Å²) >= 11 is 0. The summed E-state index contributed by atoms with van der Waals surface area (Å²) in [7, 11) is 1.62. The first-order valence-electron chi connectivity index (χ1n) is 11.6. The second-order valence-electron chi connectivity index (χ2n) is 8.75. The maximum Gasteiger partial charge on any atom is 0.420 e. The lowest BCUT2D eigenvalue weighted by molar-refractivity contribution is -0.0704. The van der Waals surface area contributed by atoms with Crippen LogP contribution in [-0.2, 0) is 11.3 Å². The number of carbonyl (C=O) groups is 2. The minimum Gasteiger partial charge on any atom is -0.391 e. The van der Waals surface area contributed by atoms with Gasteiger partial charge in [-0.3, -0.25) is 14.6 Å². The van der Waals surface area contributed by atoms with E-state index in [0.29, 0.717) is 16.9 Å². The van der Waals surface area contributed by atoms with Gasteiger partial charge >= 0.3 is 6.09 Å². The van der Waals surface area contributed by atoms with Gasteiger partial charge in [0.05, 0.1) is 24.1 Å². The molecule has 2 amide bonds. The first-order valence-corrected chi connectivity index (χ1v) is 11.6. The Balaban J connectivity index is 1.30. The van der Waals surface area contributed by atoms with E-state index in [9.17, 15) is 9.59 Å². The van der Waals surface area contributed by atoms with Crippen molar-refractivity contribution in [1.29, 1.82) is 0 Å². The van der Waals surface area contributed by atoms with Crippen LogP contribution in [0, 0.1) is 0 Å². The van der Waals surface area contributed by atoms with Crippen LogP contribution in [0.3, 0.4) is 0 Å². The number of rotatable bonds is 6.